The molecule has 114 valence electrons. The highest BCUT2D eigenvalue weighted by atomic mass is 16.5. The molecule has 0 heterocycles. The number of hydrogen-bond acceptors (Lipinski definition) is 3. The summed E-state index contributed by atoms with van der Waals surface area (Å²) in [6, 6.07) is 11.5. The van der Waals surface area contributed by atoms with Gasteiger partial charge in [-0.1, -0.05) is 44.2 Å². The lowest BCUT2D eigenvalue weighted by Gasteiger charge is -2.37. The van der Waals surface area contributed by atoms with E-state index in [0.29, 0.717) is 18.0 Å². The first-order valence-corrected chi connectivity index (χ1v) is 7.53. The standard InChI is InChI=1S/C17H30N2O/c1-14(2)17(19(4)12-9-13-20-5)16(18-3)15-10-7-6-8-11-15/h6-8,10-11,14,16-18H,9,12-13H2,1-5H3. The van der Waals surface area contributed by atoms with Gasteiger partial charge in [-0.25, -0.2) is 0 Å². The van der Waals surface area contributed by atoms with Crippen LogP contribution < -0.4 is 5.32 Å². The first kappa shape index (κ1) is 17.2. The second-order valence-corrected chi connectivity index (χ2v) is 5.74. The fraction of sp³-hybridized carbons (Fsp3) is 0.647. The molecule has 1 rings (SSSR count). The van der Waals surface area contributed by atoms with Crippen LogP contribution in [0.25, 0.3) is 0 Å². The number of hydrogen-bond donors (Lipinski definition) is 1. The summed E-state index contributed by atoms with van der Waals surface area (Å²) in [6.45, 7) is 6.47. The predicted octanol–water partition coefficient (Wildman–Crippen LogP) is 2.94. The van der Waals surface area contributed by atoms with Crippen molar-refractivity contribution in [1.82, 2.24) is 10.2 Å². The maximum Gasteiger partial charge on any atom is 0.0478 e. The Kier molecular flexibility index (Phi) is 7.82. The van der Waals surface area contributed by atoms with Crippen molar-refractivity contribution in [2.24, 2.45) is 5.92 Å². The van der Waals surface area contributed by atoms with E-state index >= 15 is 0 Å². The SMILES string of the molecule is CNC(c1ccccc1)C(C(C)C)N(C)CCCOC. The van der Waals surface area contributed by atoms with Gasteiger partial charge < -0.3 is 15.0 Å². The molecule has 2 unspecified atom stereocenters. The molecule has 0 bridgehead atoms. The van der Waals surface area contributed by atoms with Crippen LogP contribution in [0.1, 0.15) is 31.9 Å². The first-order valence-electron chi connectivity index (χ1n) is 7.53. The number of nitrogens with one attached hydrogen (secondary N) is 1. The Morgan fingerprint density at radius 2 is 1.85 bits per heavy atom. The molecule has 2 atom stereocenters. The van der Waals surface area contributed by atoms with Gasteiger partial charge in [-0.15, -0.1) is 0 Å². The van der Waals surface area contributed by atoms with E-state index in [2.05, 4.69) is 68.5 Å². The Hall–Kier alpha value is -0.900. The third kappa shape index (κ3) is 4.89. The third-order valence-corrected chi connectivity index (χ3v) is 3.86. The van der Waals surface area contributed by atoms with E-state index in [4.69, 9.17) is 4.74 Å². The molecule has 0 aromatic heterocycles. The van der Waals surface area contributed by atoms with Gasteiger partial charge in [-0.05, 0) is 32.0 Å². The van der Waals surface area contributed by atoms with Crippen LogP contribution in [-0.2, 0) is 4.74 Å². The monoisotopic (exact) mass is 278 g/mol. The minimum absolute atomic E-state index is 0.351. The molecule has 0 saturated heterocycles. The molecule has 0 radical (unpaired) electrons. The average Bonchev–Trinajstić information content (AvgIpc) is 2.45. The van der Waals surface area contributed by atoms with E-state index in [0.717, 1.165) is 19.6 Å². The Morgan fingerprint density at radius 1 is 1.20 bits per heavy atom. The fourth-order valence-electron chi connectivity index (χ4n) is 2.95. The molecule has 0 aliphatic rings. The minimum Gasteiger partial charge on any atom is -0.385 e. The number of benzene rings is 1. The van der Waals surface area contributed by atoms with Gasteiger partial charge in [0.15, 0.2) is 0 Å². The minimum atomic E-state index is 0.351. The van der Waals surface area contributed by atoms with Crippen molar-refractivity contribution in [3.8, 4) is 0 Å². The normalized spacial score (nSPS) is 14.8. The summed E-state index contributed by atoms with van der Waals surface area (Å²) in [5.41, 5.74) is 1.35. The molecule has 0 amide bonds. The van der Waals surface area contributed by atoms with Gasteiger partial charge in [0.2, 0.25) is 0 Å². The van der Waals surface area contributed by atoms with Gasteiger partial charge in [-0.3, -0.25) is 0 Å². The van der Waals surface area contributed by atoms with E-state index in [-0.39, 0.29) is 0 Å². The van der Waals surface area contributed by atoms with Crippen molar-refractivity contribution in [2.45, 2.75) is 32.4 Å². The molecule has 0 saturated carbocycles. The Bertz CT molecular complexity index is 353. The first-order chi connectivity index (χ1) is 9.61. The number of likely N-dealkylation sites (N-methyl/N-ethyl adjacent to an activating group) is 2. The summed E-state index contributed by atoms with van der Waals surface area (Å²) in [6.07, 6.45) is 1.07. The van der Waals surface area contributed by atoms with Crippen LogP contribution in [0, 0.1) is 5.92 Å². The number of nitrogens with zero attached hydrogens (tertiary/aromatic N) is 1. The van der Waals surface area contributed by atoms with Crippen LogP contribution in [-0.4, -0.2) is 45.3 Å². The molecule has 0 aliphatic carbocycles. The molecule has 1 N–H and O–H groups in total. The second kappa shape index (κ2) is 9.11. The summed E-state index contributed by atoms with van der Waals surface area (Å²) in [5, 5.41) is 3.50. The van der Waals surface area contributed by atoms with Crippen LogP contribution in [0.5, 0.6) is 0 Å². The Balaban J connectivity index is 2.82. The molecule has 1 aromatic carbocycles. The molecular weight excluding hydrogens is 248 g/mol. The molecule has 0 aliphatic heterocycles. The third-order valence-electron chi connectivity index (χ3n) is 3.86. The highest BCUT2D eigenvalue weighted by Crippen LogP contribution is 2.25. The molecule has 1 aromatic rings. The summed E-state index contributed by atoms with van der Waals surface area (Å²) >= 11 is 0. The van der Waals surface area contributed by atoms with Gasteiger partial charge in [0.25, 0.3) is 0 Å². The van der Waals surface area contributed by atoms with Crippen LogP contribution >= 0.6 is 0 Å². The Labute approximate surface area is 124 Å². The van der Waals surface area contributed by atoms with Gasteiger partial charge in [0.1, 0.15) is 0 Å². The quantitative estimate of drug-likeness (QED) is 0.703. The van der Waals surface area contributed by atoms with E-state index < -0.39 is 0 Å². The van der Waals surface area contributed by atoms with Gasteiger partial charge in [-0.2, -0.15) is 0 Å². The van der Waals surface area contributed by atoms with Crippen molar-refractivity contribution in [3.05, 3.63) is 35.9 Å². The lowest BCUT2D eigenvalue weighted by molar-refractivity contribution is 0.126. The summed E-state index contributed by atoms with van der Waals surface area (Å²) in [4.78, 5) is 2.46. The zero-order valence-electron chi connectivity index (χ0n) is 13.6. The van der Waals surface area contributed by atoms with Crippen molar-refractivity contribution < 1.29 is 4.74 Å². The van der Waals surface area contributed by atoms with Crippen LogP contribution in [0.2, 0.25) is 0 Å². The van der Waals surface area contributed by atoms with Crippen LogP contribution in [0.3, 0.4) is 0 Å². The second-order valence-electron chi connectivity index (χ2n) is 5.74. The number of ether oxygens (including phenoxy) is 1. The molecule has 0 spiro atoms. The highest BCUT2D eigenvalue weighted by molar-refractivity contribution is 5.21. The zero-order chi connectivity index (χ0) is 15.0. The zero-order valence-corrected chi connectivity index (χ0v) is 13.6. The van der Waals surface area contributed by atoms with E-state index in [9.17, 15) is 0 Å². The summed E-state index contributed by atoms with van der Waals surface area (Å²) in [5.74, 6) is 0.584. The van der Waals surface area contributed by atoms with Crippen molar-refractivity contribution in [3.63, 3.8) is 0 Å². The molecule has 3 nitrogen and oxygen atoms in total. The average molecular weight is 278 g/mol. The lowest BCUT2D eigenvalue weighted by Crippen LogP contribution is -2.45. The van der Waals surface area contributed by atoms with Crippen LogP contribution in [0.4, 0.5) is 0 Å². The van der Waals surface area contributed by atoms with E-state index in [1.54, 1.807) is 7.11 Å². The smallest absolute Gasteiger partial charge is 0.0478 e. The van der Waals surface area contributed by atoms with Gasteiger partial charge in [0, 0.05) is 32.3 Å². The molecule has 3 heteroatoms. The van der Waals surface area contributed by atoms with E-state index in [1.807, 2.05) is 0 Å². The molecule has 0 fully saturated rings. The van der Waals surface area contributed by atoms with Crippen LogP contribution in [0.15, 0.2) is 30.3 Å². The maximum atomic E-state index is 5.16. The van der Waals surface area contributed by atoms with Gasteiger partial charge >= 0.3 is 0 Å². The lowest BCUT2D eigenvalue weighted by atomic mass is 9.90. The van der Waals surface area contributed by atoms with Gasteiger partial charge in [0.05, 0.1) is 0 Å². The molecule has 20 heavy (non-hydrogen) atoms. The topological polar surface area (TPSA) is 24.5 Å². The highest BCUT2D eigenvalue weighted by Gasteiger charge is 2.27. The molecular formula is C17H30N2O. The van der Waals surface area contributed by atoms with Crippen molar-refractivity contribution in [1.29, 1.82) is 0 Å². The summed E-state index contributed by atoms with van der Waals surface area (Å²) < 4.78 is 5.16. The largest absolute Gasteiger partial charge is 0.385 e. The predicted molar refractivity (Wildman–Crippen MR) is 86.0 cm³/mol. The fourth-order valence-corrected chi connectivity index (χ4v) is 2.95. The number of methoxy groups -OCH3 is 1. The summed E-state index contributed by atoms with van der Waals surface area (Å²) in [7, 11) is 6.03. The number of rotatable bonds is 9. The van der Waals surface area contributed by atoms with Crippen molar-refractivity contribution >= 4 is 0 Å². The maximum absolute atomic E-state index is 5.16. The Morgan fingerprint density at radius 3 is 2.35 bits per heavy atom. The van der Waals surface area contributed by atoms with Crippen molar-refractivity contribution in [2.75, 3.05) is 34.4 Å². The van der Waals surface area contributed by atoms with E-state index in [1.165, 1.54) is 5.56 Å².